The van der Waals surface area contributed by atoms with Crippen molar-refractivity contribution in [3.63, 3.8) is 0 Å². The van der Waals surface area contributed by atoms with Gasteiger partial charge >= 0.3 is 0 Å². The Balaban J connectivity index is 1.50. The first kappa shape index (κ1) is 16.2. The third-order valence-corrected chi connectivity index (χ3v) is 4.42. The highest BCUT2D eigenvalue weighted by atomic mass is 16.5. The number of nitrogens with zero attached hydrogens (tertiary/aromatic N) is 3. The summed E-state index contributed by atoms with van der Waals surface area (Å²) in [5.41, 5.74) is 3.39. The third-order valence-electron chi connectivity index (χ3n) is 4.42. The van der Waals surface area contributed by atoms with E-state index in [1.807, 2.05) is 61.8 Å². The van der Waals surface area contributed by atoms with E-state index in [0.717, 1.165) is 28.4 Å². The maximum absolute atomic E-state index is 12.7. The highest BCUT2D eigenvalue weighted by Gasteiger charge is 2.28. The predicted octanol–water partition coefficient (Wildman–Crippen LogP) is 3.17. The smallest absolute Gasteiger partial charge is 0.258 e. The van der Waals surface area contributed by atoms with E-state index in [1.165, 1.54) is 0 Å². The van der Waals surface area contributed by atoms with Gasteiger partial charge < -0.3 is 14.4 Å². The monoisotopic (exact) mass is 349 g/mol. The first-order valence-electron chi connectivity index (χ1n) is 8.34. The molecule has 132 valence electrons. The first-order valence-corrected chi connectivity index (χ1v) is 8.34. The van der Waals surface area contributed by atoms with Crippen molar-refractivity contribution >= 4 is 11.6 Å². The van der Waals surface area contributed by atoms with Gasteiger partial charge in [-0.25, -0.2) is 0 Å². The van der Waals surface area contributed by atoms with Crippen molar-refractivity contribution in [1.29, 1.82) is 0 Å². The molecule has 0 fully saturated rings. The molecule has 1 amide bonds. The molecule has 4 rings (SSSR count). The average Bonchev–Trinajstić information content (AvgIpc) is 3.23. The molecule has 3 aromatic rings. The van der Waals surface area contributed by atoms with Crippen LogP contribution in [0.3, 0.4) is 0 Å². The van der Waals surface area contributed by atoms with Gasteiger partial charge in [0.2, 0.25) is 0 Å². The molecule has 2 aromatic carbocycles. The van der Waals surface area contributed by atoms with Crippen LogP contribution in [0.5, 0.6) is 11.5 Å². The van der Waals surface area contributed by atoms with E-state index >= 15 is 0 Å². The zero-order chi connectivity index (χ0) is 18.1. The molecule has 1 aromatic heterocycles. The van der Waals surface area contributed by atoms with Crippen molar-refractivity contribution in [2.75, 3.05) is 12.0 Å². The number of aryl methyl sites for hydroxylation is 1. The lowest BCUT2D eigenvalue weighted by Crippen LogP contribution is -2.22. The second-order valence-electron chi connectivity index (χ2n) is 6.18. The number of benzene rings is 2. The van der Waals surface area contributed by atoms with Gasteiger partial charge in [-0.15, -0.1) is 0 Å². The van der Waals surface area contributed by atoms with Crippen LogP contribution in [0.4, 0.5) is 5.69 Å². The van der Waals surface area contributed by atoms with Gasteiger partial charge in [0.05, 0.1) is 19.3 Å². The normalized spacial score (nSPS) is 13.0. The number of amides is 1. The van der Waals surface area contributed by atoms with Crippen LogP contribution in [0.25, 0.3) is 0 Å². The van der Waals surface area contributed by atoms with E-state index in [0.29, 0.717) is 18.7 Å². The standard InChI is InChI=1S/C20H19N3O3/c1-22-10-9-15(21-22)13-26-18-7-8-19-14(11-18)12-23(20(19)24)16-3-5-17(25-2)6-4-16/h3-11H,12-13H2,1-2H3. The lowest BCUT2D eigenvalue weighted by Gasteiger charge is -2.15. The number of ether oxygens (including phenoxy) is 2. The summed E-state index contributed by atoms with van der Waals surface area (Å²) < 4.78 is 12.7. The maximum atomic E-state index is 12.7. The fourth-order valence-corrected chi connectivity index (χ4v) is 3.06. The SMILES string of the molecule is COc1ccc(N2Cc3cc(OCc4ccn(C)n4)ccc3C2=O)cc1. The predicted molar refractivity (Wildman–Crippen MR) is 97.5 cm³/mol. The Labute approximate surface area is 151 Å². The topological polar surface area (TPSA) is 56.6 Å². The molecular formula is C20H19N3O3. The third kappa shape index (κ3) is 3.01. The maximum Gasteiger partial charge on any atom is 0.258 e. The molecule has 1 aliphatic rings. The second kappa shape index (κ2) is 6.55. The van der Waals surface area contributed by atoms with E-state index in [-0.39, 0.29) is 5.91 Å². The van der Waals surface area contributed by atoms with Gasteiger partial charge in [0, 0.05) is 24.5 Å². The number of aromatic nitrogens is 2. The Bertz CT molecular complexity index is 947. The van der Waals surface area contributed by atoms with E-state index in [4.69, 9.17) is 9.47 Å². The number of rotatable bonds is 5. The summed E-state index contributed by atoms with van der Waals surface area (Å²) in [6, 6.07) is 15.0. The Morgan fingerprint density at radius 2 is 1.85 bits per heavy atom. The van der Waals surface area contributed by atoms with Crippen LogP contribution in [0, 0.1) is 0 Å². The van der Waals surface area contributed by atoms with E-state index < -0.39 is 0 Å². The van der Waals surface area contributed by atoms with Crippen molar-refractivity contribution in [3.05, 3.63) is 71.5 Å². The molecule has 1 aliphatic heterocycles. The zero-order valence-corrected chi connectivity index (χ0v) is 14.7. The highest BCUT2D eigenvalue weighted by molar-refractivity contribution is 6.10. The lowest BCUT2D eigenvalue weighted by atomic mass is 10.1. The van der Waals surface area contributed by atoms with Crippen LogP contribution >= 0.6 is 0 Å². The molecular weight excluding hydrogens is 330 g/mol. The number of hydrogen-bond acceptors (Lipinski definition) is 4. The number of hydrogen-bond donors (Lipinski definition) is 0. The van der Waals surface area contributed by atoms with E-state index in [1.54, 1.807) is 16.7 Å². The summed E-state index contributed by atoms with van der Waals surface area (Å²) >= 11 is 0. The summed E-state index contributed by atoms with van der Waals surface area (Å²) in [5.74, 6) is 1.50. The Morgan fingerprint density at radius 3 is 2.54 bits per heavy atom. The Morgan fingerprint density at radius 1 is 1.08 bits per heavy atom. The van der Waals surface area contributed by atoms with Crippen LogP contribution in [0.2, 0.25) is 0 Å². The van der Waals surface area contributed by atoms with Crippen LogP contribution in [0.1, 0.15) is 21.6 Å². The fraction of sp³-hybridized carbons (Fsp3) is 0.200. The largest absolute Gasteiger partial charge is 0.497 e. The van der Waals surface area contributed by atoms with E-state index in [9.17, 15) is 4.79 Å². The lowest BCUT2D eigenvalue weighted by molar-refractivity contribution is 0.0996. The number of methoxy groups -OCH3 is 1. The van der Waals surface area contributed by atoms with Gasteiger partial charge in [0.1, 0.15) is 18.1 Å². The molecule has 6 heteroatoms. The molecule has 0 unspecified atom stereocenters. The summed E-state index contributed by atoms with van der Waals surface area (Å²) in [5, 5.41) is 4.30. The van der Waals surface area contributed by atoms with Crippen molar-refractivity contribution in [2.24, 2.45) is 7.05 Å². The zero-order valence-electron chi connectivity index (χ0n) is 14.7. The van der Waals surface area contributed by atoms with E-state index in [2.05, 4.69) is 5.10 Å². The minimum atomic E-state index is 0.00134. The highest BCUT2D eigenvalue weighted by Crippen LogP contribution is 2.31. The van der Waals surface area contributed by atoms with Crippen molar-refractivity contribution < 1.29 is 14.3 Å². The van der Waals surface area contributed by atoms with Crippen molar-refractivity contribution in [3.8, 4) is 11.5 Å². The molecule has 0 N–H and O–H groups in total. The average molecular weight is 349 g/mol. The van der Waals surface area contributed by atoms with Gasteiger partial charge in [0.15, 0.2) is 0 Å². The van der Waals surface area contributed by atoms with Gasteiger partial charge in [-0.3, -0.25) is 9.48 Å². The molecule has 6 nitrogen and oxygen atoms in total. The van der Waals surface area contributed by atoms with Crippen LogP contribution in [0.15, 0.2) is 54.7 Å². The molecule has 0 aliphatic carbocycles. The molecule has 0 saturated carbocycles. The van der Waals surface area contributed by atoms with Gasteiger partial charge in [-0.1, -0.05) is 0 Å². The molecule has 0 radical (unpaired) electrons. The second-order valence-corrected chi connectivity index (χ2v) is 6.18. The van der Waals surface area contributed by atoms with Crippen molar-refractivity contribution in [2.45, 2.75) is 13.2 Å². The molecule has 0 spiro atoms. The fourth-order valence-electron chi connectivity index (χ4n) is 3.06. The van der Waals surface area contributed by atoms with Crippen LogP contribution in [-0.2, 0) is 20.2 Å². The Hall–Kier alpha value is -3.28. The molecule has 0 atom stereocenters. The molecule has 2 heterocycles. The minimum absolute atomic E-state index is 0.00134. The summed E-state index contributed by atoms with van der Waals surface area (Å²) in [7, 11) is 3.50. The molecule has 0 bridgehead atoms. The van der Waals surface area contributed by atoms with Gasteiger partial charge in [-0.2, -0.15) is 5.10 Å². The van der Waals surface area contributed by atoms with Crippen LogP contribution < -0.4 is 14.4 Å². The van der Waals surface area contributed by atoms with Gasteiger partial charge in [0.25, 0.3) is 5.91 Å². The first-order chi connectivity index (χ1) is 12.6. The van der Waals surface area contributed by atoms with Gasteiger partial charge in [-0.05, 0) is 54.1 Å². The quantitative estimate of drug-likeness (QED) is 0.710. The Kier molecular flexibility index (Phi) is 4.08. The van der Waals surface area contributed by atoms with Crippen molar-refractivity contribution in [1.82, 2.24) is 9.78 Å². The summed E-state index contributed by atoms with van der Waals surface area (Å²) in [6.07, 6.45) is 1.88. The number of fused-ring (bicyclic) bond motifs is 1. The van der Waals surface area contributed by atoms with Crippen LogP contribution in [-0.4, -0.2) is 22.8 Å². The number of carbonyl (C=O) groups is 1. The molecule has 0 saturated heterocycles. The number of carbonyl (C=O) groups excluding carboxylic acids is 1. The minimum Gasteiger partial charge on any atom is -0.497 e. The summed E-state index contributed by atoms with van der Waals surface area (Å²) in [6.45, 7) is 0.928. The molecule has 26 heavy (non-hydrogen) atoms. The summed E-state index contributed by atoms with van der Waals surface area (Å²) in [4.78, 5) is 14.4. The number of anilines is 1.